The first-order valence-electron chi connectivity index (χ1n) is 8.72. The van der Waals surface area contributed by atoms with Crippen molar-refractivity contribution in [3.8, 4) is 0 Å². The number of alkyl halides is 3. The van der Waals surface area contributed by atoms with Crippen LogP contribution >= 0.6 is 12.4 Å². The Kier molecular flexibility index (Phi) is 7.55. The van der Waals surface area contributed by atoms with Crippen LogP contribution in [0, 0.1) is 0 Å². The summed E-state index contributed by atoms with van der Waals surface area (Å²) < 4.78 is 72.5. The lowest BCUT2D eigenvalue weighted by molar-refractivity contribution is -0.139. The van der Waals surface area contributed by atoms with Gasteiger partial charge in [0, 0.05) is 6.54 Å². The summed E-state index contributed by atoms with van der Waals surface area (Å²) in [5.41, 5.74) is -1.18. The van der Waals surface area contributed by atoms with E-state index in [1.165, 1.54) is 18.4 Å². The smallest absolute Gasteiger partial charge is 0.417 e. The Labute approximate surface area is 168 Å². The minimum atomic E-state index is -4.75. The van der Waals surface area contributed by atoms with Crippen LogP contribution in [0.3, 0.4) is 0 Å². The molecule has 1 N–H and O–H groups in total. The maximum absolute atomic E-state index is 13.2. The number of rotatable bonds is 6. The van der Waals surface area contributed by atoms with Crippen molar-refractivity contribution in [2.24, 2.45) is 0 Å². The second-order valence-electron chi connectivity index (χ2n) is 6.47. The van der Waals surface area contributed by atoms with Gasteiger partial charge in [0.15, 0.2) is 0 Å². The lowest BCUT2D eigenvalue weighted by Crippen LogP contribution is -2.40. The molecule has 2 aromatic rings. The molecule has 2 heterocycles. The van der Waals surface area contributed by atoms with E-state index < -0.39 is 26.7 Å². The molecule has 1 atom stereocenters. The Bertz CT molecular complexity index is 851. The Morgan fingerprint density at radius 1 is 1.07 bits per heavy atom. The maximum Gasteiger partial charge on any atom is 0.417 e. The SMILES string of the molecule is Cl.O=S(=O)(NCC(c1ccco1)N1CCCCC1)c1ccccc1C(F)(F)F. The lowest BCUT2D eigenvalue weighted by atomic mass is 10.1. The first-order valence-corrected chi connectivity index (χ1v) is 10.2. The van der Waals surface area contributed by atoms with Crippen molar-refractivity contribution in [2.75, 3.05) is 19.6 Å². The van der Waals surface area contributed by atoms with Gasteiger partial charge in [0.25, 0.3) is 0 Å². The Morgan fingerprint density at radius 3 is 2.36 bits per heavy atom. The summed E-state index contributed by atoms with van der Waals surface area (Å²) in [6, 6.07) is 7.27. The van der Waals surface area contributed by atoms with E-state index in [9.17, 15) is 21.6 Å². The van der Waals surface area contributed by atoms with Gasteiger partial charge >= 0.3 is 6.18 Å². The summed E-state index contributed by atoms with van der Waals surface area (Å²) in [5, 5.41) is 0. The number of nitrogens with zero attached hydrogens (tertiary/aromatic N) is 1. The fourth-order valence-electron chi connectivity index (χ4n) is 3.32. The van der Waals surface area contributed by atoms with Crippen LogP contribution in [0.2, 0.25) is 0 Å². The summed E-state index contributed by atoms with van der Waals surface area (Å²) in [5.74, 6) is 0.587. The van der Waals surface area contributed by atoms with Crippen molar-refractivity contribution in [2.45, 2.75) is 36.4 Å². The lowest BCUT2D eigenvalue weighted by Gasteiger charge is -2.33. The van der Waals surface area contributed by atoms with E-state index in [0.717, 1.165) is 44.5 Å². The molecule has 3 rings (SSSR count). The molecule has 1 saturated heterocycles. The summed E-state index contributed by atoms with van der Waals surface area (Å²) in [4.78, 5) is 1.33. The van der Waals surface area contributed by atoms with Crippen LogP contribution in [0.4, 0.5) is 13.2 Å². The number of benzene rings is 1. The molecule has 1 aliphatic heterocycles. The first kappa shape index (κ1) is 22.7. The largest absolute Gasteiger partial charge is 0.468 e. The second kappa shape index (κ2) is 9.30. The minimum absolute atomic E-state index is 0. The summed E-state index contributed by atoms with van der Waals surface area (Å²) in [7, 11) is -4.34. The molecule has 0 radical (unpaired) electrons. The number of piperidine rings is 1. The van der Waals surface area contributed by atoms with Crippen molar-refractivity contribution in [3.05, 3.63) is 54.0 Å². The number of nitrogens with one attached hydrogen (secondary N) is 1. The van der Waals surface area contributed by atoms with E-state index in [4.69, 9.17) is 4.42 Å². The summed E-state index contributed by atoms with van der Waals surface area (Å²) in [6.45, 7) is 1.50. The number of hydrogen-bond donors (Lipinski definition) is 1. The van der Waals surface area contributed by atoms with Gasteiger partial charge in [0.1, 0.15) is 5.76 Å². The van der Waals surface area contributed by atoms with E-state index in [1.54, 1.807) is 12.1 Å². The van der Waals surface area contributed by atoms with Crippen molar-refractivity contribution in [1.29, 1.82) is 0 Å². The third kappa shape index (κ3) is 5.28. The first-order chi connectivity index (χ1) is 12.8. The molecule has 10 heteroatoms. The average Bonchev–Trinajstić information content (AvgIpc) is 3.16. The van der Waals surface area contributed by atoms with Crippen LogP contribution in [0.1, 0.15) is 36.6 Å². The molecule has 1 fully saturated rings. The second-order valence-corrected chi connectivity index (χ2v) is 8.21. The minimum Gasteiger partial charge on any atom is -0.468 e. The van der Waals surface area contributed by atoms with Gasteiger partial charge in [-0.3, -0.25) is 4.90 Å². The fraction of sp³-hybridized carbons (Fsp3) is 0.444. The zero-order chi connectivity index (χ0) is 19.5. The molecule has 1 aromatic carbocycles. The Balaban J connectivity index is 0.00000280. The molecule has 28 heavy (non-hydrogen) atoms. The highest BCUT2D eigenvalue weighted by atomic mass is 35.5. The monoisotopic (exact) mass is 438 g/mol. The predicted molar refractivity (Wildman–Crippen MR) is 101 cm³/mol. The predicted octanol–water partition coefficient (Wildman–Crippen LogP) is 4.23. The number of sulfonamides is 1. The highest BCUT2D eigenvalue weighted by Gasteiger charge is 2.37. The molecule has 1 unspecified atom stereocenters. The third-order valence-electron chi connectivity index (χ3n) is 4.65. The molecule has 0 spiro atoms. The molecule has 0 aliphatic carbocycles. The highest BCUT2D eigenvalue weighted by Crippen LogP contribution is 2.34. The van der Waals surface area contributed by atoms with Gasteiger partial charge in [0.2, 0.25) is 10.0 Å². The molecule has 5 nitrogen and oxygen atoms in total. The van der Waals surface area contributed by atoms with E-state index in [0.29, 0.717) is 5.76 Å². The van der Waals surface area contributed by atoms with E-state index in [-0.39, 0.29) is 25.0 Å². The third-order valence-corrected chi connectivity index (χ3v) is 6.13. The van der Waals surface area contributed by atoms with Gasteiger partial charge in [-0.2, -0.15) is 13.2 Å². The molecule has 0 amide bonds. The molecule has 1 aromatic heterocycles. The molecule has 0 saturated carbocycles. The van der Waals surface area contributed by atoms with Gasteiger partial charge in [-0.1, -0.05) is 18.6 Å². The number of hydrogen-bond acceptors (Lipinski definition) is 4. The number of furan rings is 1. The molecule has 0 bridgehead atoms. The van der Waals surface area contributed by atoms with Crippen LogP contribution in [-0.2, 0) is 16.2 Å². The maximum atomic E-state index is 13.2. The van der Waals surface area contributed by atoms with Crippen LogP contribution in [0.15, 0.2) is 52.0 Å². The number of halogens is 4. The van der Waals surface area contributed by atoms with E-state index >= 15 is 0 Å². The van der Waals surface area contributed by atoms with Crippen LogP contribution in [0.25, 0.3) is 0 Å². The van der Waals surface area contributed by atoms with Gasteiger partial charge in [-0.15, -0.1) is 12.4 Å². The fourth-order valence-corrected chi connectivity index (χ4v) is 4.59. The average molecular weight is 439 g/mol. The van der Waals surface area contributed by atoms with Crippen LogP contribution < -0.4 is 4.72 Å². The molecular formula is C18H22ClF3N2O3S. The van der Waals surface area contributed by atoms with Gasteiger partial charge < -0.3 is 4.42 Å². The Morgan fingerprint density at radius 2 is 1.75 bits per heavy atom. The highest BCUT2D eigenvalue weighted by molar-refractivity contribution is 7.89. The topological polar surface area (TPSA) is 62.6 Å². The Hall–Kier alpha value is -1.55. The number of likely N-dealkylation sites (tertiary alicyclic amines) is 1. The molecule has 156 valence electrons. The molecule has 1 aliphatic rings. The van der Waals surface area contributed by atoms with Gasteiger partial charge in [0.05, 0.1) is 22.8 Å². The van der Waals surface area contributed by atoms with Crippen LogP contribution in [-0.4, -0.2) is 33.0 Å². The van der Waals surface area contributed by atoms with Crippen LogP contribution in [0.5, 0.6) is 0 Å². The quantitative estimate of drug-likeness (QED) is 0.733. The normalized spacial score (nSPS) is 17.1. The van der Waals surface area contributed by atoms with Gasteiger partial charge in [-0.25, -0.2) is 13.1 Å². The zero-order valence-electron chi connectivity index (χ0n) is 15.0. The van der Waals surface area contributed by atoms with Gasteiger partial charge in [-0.05, 0) is 50.2 Å². The zero-order valence-corrected chi connectivity index (χ0v) is 16.6. The van der Waals surface area contributed by atoms with Crippen molar-refractivity contribution in [3.63, 3.8) is 0 Å². The van der Waals surface area contributed by atoms with Crippen molar-refractivity contribution < 1.29 is 26.0 Å². The molecular weight excluding hydrogens is 417 g/mol. The summed E-state index contributed by atoms with van der Waals surface area (Å²) >= 11 is 0. The standard InChI is InChI=1S/C18H21F3N2O3S.ClH/c19-18(20,21)14-7-2-3-9-17(14)27(24,25)22-13-15(16-8-6-12-26-16)23-10-4-1-5-11-23;/h2-3,6-9,12,15,22H,1,4-5,10-11,13H2;1H. The van der Waals surface area contributed by atoms with Crippen molar-refractivity contribution >= 4 is 22.4 Å². The van der Waals surface area contributed by atoms with E-state index in [1.807, 2.05) is 0 Å². The summed E-state index contributed by atoms with van der Waals surface area (Å²) in [6.07, 6.45) is -0.174. The van der Waals surface area contributed by atoms with E-state index in [2.05, 4.69) is 9.62 Å². The van der Waals surface area contributed by atoms with Crippen molar-refractivity contribution in [1.82, 2.24) is 9.62 Å².